The predicted molar refractivity (Wildman–Crippen MR) is 159 cm³/mol. The van der Waals surface area contributed by atoms with Crippen LogP contribution in [0.2, 0.25) is 0 Å². The maximum atomic E-state index is 14.0. The number of carboxylic acid groups (broad SMARTS) is 1. The molecule has 42 heavy (non-hydrogen) atoms. The minimum absolute atomic E-state index is 0.0471. The quantitative estimate of drug-likeness (QED) is 0.0389. The molecule has 0 spiro atoms. The summed E-state index contributed by atoms with van der Waals surface area (Å²) in [6, 6.07) is 1.28. The number of carbonyl (C=O) groups is 3. The van der Waals surface area contributed by atoms with Gasteiger partial charge < -0.3 is 25.8 Å². The Morgan fingerprint density at radius 2 is 1.24 bits per heavy atom. The van der Waals surface area contributed by atoms with Gasteiger partial charge in [-0.3, -0.25) is 20.2 Å². The van der Waals surface area contributed by atoms with E-state index < -0.39 is 47.7 Å². The fraction of sp³-hybridized carbons (Fsp3) is 0.690. The van der Waals surface area contributed by atoms with Crippen molar-refractivity contribution in [3.05, 3.63) is 29.3 Å². The Hall–Kier alpha value is -2.61. The van der Waals surface area contributed by atoms with E-state index in [0.717, 1.165) is 63.5 Å². The highest BCUT2D eigenvalue weighted by Crippen LogP contribution is 2.14. The number of unbranched alkanes of at least 4 members (excludes halogenated alkanes) is 13. The summed E-state index contributed by atoms with van der Waals surface area (Å²) in [5.41, 5.74) is 1.19. The molecule has 0 radical (unpaired) electrons. The molecule has 0 aromatic heterocycles. The number of hydrogen-bond acceptors (Lipinski definition) is 7. The monoisotopic (exact) mass is 598 g/mol. The Balaban J connectivity index is 1.89. The molecule has 0 aliphatic rings. The third-order valence-electron chi connectivity index (χ3n) is 7.24. The van der Waals surface area contributed by atoms with E-state index in [-0.39, 0.29) is 5.91 Å². The first-order valence-electron chi connectivity index (χ1n) is 15.3. The van der Waals surface area contributed by atoms with E-state index in [2.05, 4.69) is 16.1 Å². The molecule has 1 aromatic carbocycles. The van der Waals surface area contributed by atoms with Crippen molar-refractivity contribution in [1.82, 2.24) is 16.1 Å². The van der Waals surface area contributed by atoms with Crippen molar-refractivity contribution < 1.29 is 38.3 Å². The van der Waals surface area contributed by atoms with Crippen LogP contribution in [0.4, 0.5) is 8.78 Å². The zero-order valence-corrected chi connectivity index (χ0v) is 24.6. The molecule has 2 amide bonds. The molecule has 0 unspecified atom stereocenters. The summed E-state index contributed by atoms with van der Waals surface area (Å²) in [5.74, 6) is 0.711. The van der Waals surface area contributed by atoms with E-state index in [1.165, 1.54) is 38.5 Å². The Morgan fingerprint density at radius 3 is 1.76 bits per heavy atom. The molecule has 0 bridgehead atoms. The number of aliphatic carboxylic acids is 1. The van der Waals surface area contributed by atoms with Gasteiger partial charge in [-0.2, -0.15) is 0 Å². The summed E-state index contributed by atoms with van der Waals surface area (Å²) in [6.45, 7) is 0.912. The van der Waals surface area contributed by atoms with Gasteiger partial charge in [0.1, 0.15) is 6.04 Å². The lowest BCUT2D eigenvalue weighted by Gasteiger charge is -2.10. The van der Waals surface area contributed by atoms with E-state index >= 15 is 0 Å². The molecule has 1 rings (SSSR count). The average Bonchev–Trinajstić information content (AvgIpc) is 2.95. The maximum Gasteiger partial charge on any atom is 0.491 e. The zero-order chi connectivity index (χ0) is 31.2. The largest absolute Gasteiger partial charge is 0.491 e. The molecule has 0 aliphatic heterocycles. The van der Waals surface area contributed by atoms with Crippen molar-refractivity contribution in [2.75, 3.05) is 13.1 Å². The van der Waals surface area contributed by atoms with Crippen molar-refractivity contribution >= 4 is 30.4 Å². The molecule has 8 N–H and O–H groups in total. The van der Waals surface area contributed by atoms with Gasteiger partial charge in [0.2, 0.25) is 5.91 Å². The van der Waals surface area contributed by atoms with Crippen LogP contribution in [0.25, 0.3) is 0 Å². The summed E-state index contributed by atoms with van der Waals surface area (Å²) in [5, 5.41) is 32.4. The average molecular weight is 599 g/mol. The summed E-state index contributed by atoms with van der Waals surface area (Å²) >= 11 is 0. The molecule has 1 aromatic rings. The van der Waals surface area contributed by atoms with Gasteiger partial charge >= 0.3 is 13.1 Å². The van der Waals surface area contributed by atoms with Crippen molar-refractivity contribution in [1.29, 1.82) is 0 Å². The van der Waals surface area contributed by atoms with Crippen LogP contribution in [0.5, 0.6) is 0 Å². The Morgan fingerprint density at radius 1 is 0.738 bits per heavy atom. The predicted octanol–water partition coefficient (Wildman–Crippen LogP) is 3.04. The van der Waals surface area contributed by atoms with Crippen LogP contribution < -0.4 is 27.4 Å². The van der Waals surface area contributed by atoms with Gasteiger partial charge in [-0.15, -0.1) is 0 Å². The summed E-state index contributed by atoms with van der Waals surface area (Å²) in [7, 11) is -2.15. The lowest BCUT2D eigenvalue weighted by Crippen LogP contribution is -2.41. The van der Waals surface area contributed by atoms with Gasteiger partial charge in [-0.25, -0.2) is 14.2 Å². The SMILES string of the molecule is NN[C@@H](CCCCNC(=O)CCCCCCCCCCCCCCCNC(=O)c1ccc(B(O)O)c(F)c1F)C(=O)O. The van der Waals surface area contributed by atoms with Crippen LogP contribution in [0.15, 0.2) is 12.1 Å². The minimum atomic E-state index is -2.15. The minimum Gasteiger partial charge on any atom is -0.480 e. The number of amides is 2. The van der Waals surface area contributed by atoms with Crippen LogP contribution in [0.3, 0.4) is 0 Å². The number of nitrogens with one attached hydrogen (secondary N) is 3. The van der Waals surface area contributed by atoms with Crippen molar-refractivity contribution in [3.63, 3.8) is 0 Å². The number of nitrogens with two attached hydrogens (primary N) is 1. The molecule has 0 saturated heterocycles. The van der Waals surface area contributed by atoms with Gasteiger partial charge in [0.15, 0.2) is 11.6 Å². The highest BCUT2D eigenvalue weighted by molar-refractivity contribution is 6.58. The van der Waals surface area contributed by atoms with Crippen molar-refractivity contribution in [2.24, 2.45) is 5.84 Å². The molecule has 0 aliphatic carbocycles. The van der Waals surface area contributed by atoms with E-state index in [1.54, 1.807) is 0 Å². The first-order valence-corrected chi connectivity index (χ1v) is 15.3. The second-order valence-corrected chi connectivity index (χ2v) is 10.7. The number of hydrogen-bond donors (Lipinski definition) is 7. The van der Waals surface area contributed by atoms with Gasteiger partial charge in [-0.05, 0) is 38.2 Å². The summed E-state index contributed by atoms with van der Waals surface area (Å²) in [4.78, 5) is 34.8. The molecular formula is C29H49BF2N4O6. The van der Waals surface area contributed by atoms with E-state index in [1.807, 2.05) is 0 Å². The zero-order valence-electron chi connectivity index (χ0n) is 24.6. The smallest absolute Gasteiger partial charge is 0.480 e. The van der Waals surface area contributed by atoms with E-state index in [9.17, 15) is 23.2 Å². The molecule has 0 fully saturated rings. The Bertz CT molecular complexity index is 942. The van der Waals surface area contributed by atoms with Gasteiger partial charge in [-0.1, -0.05) is 76.7 Å². The molecule has 10 nitrogen and oxygen atoms in total. The van der Waals surface area contributed by atoms with E-state index in [4.69, 9.17) is 21.0 Å². The standard InChI is InChI=1S/C29H49BF2N4O6/c31-26-22(18-19-23(27(26)32)30(41)42)28(38)35-21-14-11-9-7-5-3-1-2-4-6-8-10-12-17-25(37)34-20-15-13-16-24(36-33)29(39)40/h18-19,24,36,41-42H,1-17,20-21,33H2,(H,34,37)(H,35,38)(H,39,40)/t24-/m0/s1. The molecule has 0 saturated carbocycles. The van der Waals surface area contributed by atoms with Crippen LogP contribution in [0.1, 0.15) is 120 Å². The number of hydrazine groups is 1. The van der Waals surface area contributed by atoms with Gasteiger partial charge in [0.25, 0.3) is 5.91 Å². The van der Waals surface area contributed by atoms with Crippen molar-refractivity contribution in [3.8, 4) is 0 Å². The van der Waals surface area contributed by atoms with Crippen LogP contribution in [0, 0.1) is 11.6 Å². The van der Waals surface area contributed by atoms with Gasteiger partial charge in [0, 0.05) is 25.0 Å². The van der Waals surface area contributed by atoms with Crippen LogP contribution in [-0.2, 0) is 9.59 Å². The molecular weight excluding hydrogens is 549 g/mol. The third kappa shape index (κ3) is 16.1. The molecule has 0 heterocycles. The number of carbonyl (C=O) groups excluding carboxylic acids is 2. The van der Waals surface area contributed by atoms with E-state index in [0.29, 0.717) is 32.4 Å². The normalized spacial score (nSPS) is 11.7. The third-order valence-corrected chi connectivity index (χ3v) is 7.24. The van der Waals surface area contributed by atoms with Crippen LogP contribution >= 0.6 is 0 Å². The maximum absolute atomic E-state index is 14.0. The number of halogens is 2. The number of carboxylic acids is 1. The van der Waals surface area contributed by atoms with Gasteiger partial charge in [0.05, 0.1) is 5.56 Å². The summed E-state index contributed by atoms with van der Waals surface area (Å²) < 4.78 is 27.8. The fourth-order valence-corrected chi connectivity index (χ4v) is 4.66. The fourth-order valence-electron chi connectivity index (χ4n) is 4.66. The lowest BCUT2D eigenvalue weighted by atomic mass is 9.79. The highest BCUT2D eigenvalue weighted by Gasteiger charge is 2.24. The number of rotatable bonds is 25. The number of benzene rings is 1. The Kier molecular flexibility index (Phi) is 20.4. The summed E-state index contributed by atoms with van der Waals surface area (Å²) in [6.07, 6.45) is 16.4. The highest BCUT2D eigenvalue weighted by atomic mass is 19.2. The Labute approximate surface area is 248 Å². The second-order valence-electron chi connectivity index (χ2n) is 10.7. The lowest BCUT2D eigenvalue weighted by molar-refractivity contribution is -0.139. The molecule has 13 heteroatoms. The first kappa shape index (κ1) is 37.4. The van der Waals surface area contributed by atoms with Crippen molar-refractivity contribution in [2.45, 2.75) is 115 Å². The van der Waals surface area contributed by atoms with Crippen LogP contribution in [-0.4, -0.2) is 59.2 Å². The molecule has 1 atom stereocenters. The molecule has 238 valence electrons. The topological polar surface area (TPSA) is 174 Å². The first-order chi connectivity index (χ1) is 20.2. The second kappa shape index (κ2) is 22.9.